The Kier molecular flexibility index (Phi) is 9.90. The molecule has 31 heavy (non-hydrogen) atoms. The lowest BCUT2D eigenvalue weighted by Gasteiger charge is -2.24. The predicted molar refractivity (Wildman–Crippen MR) is 129 cm³/mol. The number of hydrogen-bond acceptors (Lipinski definition) is 3. The standard InChI is InChI=1S/C27H39NO3/c1-6-7-8-9-17-30-24-13-10-12-23(20-24)28-26(29)27(4,5)16-11-18-31-25-19-21(2)14-15-22(25)3/h10,12-15,19-20H,6-9,11,16-18H2,1-5H3,(H,28,29). The lowest BCUT2D eigenvalue weighted by Crippen LogP contribution is -2.31. The molecule has 0 bridgehead atoms. The van der Waals surface area contributed by atoms with E-state index in [4.69, 9.17) is 9.47 Å². The van der Waals surface area contributed by atoms with Crippen molar-refractivity contribution < 1.29 is 14.3 Å². The van der Waals surface area contributed by atoms with Crippen molar-refractivity contribution in [2.45, 2.75) is 73.1 Å². The van der Waals surface area contributed by atoms with E-state index < -0.39 is 5.41 Å². The van der Waals surface area contributed by atoms with Crippen LogP contribution in [0.1, 0.15) is 70.4 Å². The van der Waals surface area contributed by atoms with Crippen LogP contribution in [0.2, 0.25) is 0 Å². The molecule has 1 N–H and O–H groups in total. The molecule has 0 aliphatic heterocycles. The van der Waals surface area contributed by atoms with Crippen molar-refractivity contribution in [2.75, 3.05) is 18.5 Å². The smallest absolute Gasteiger partial charge is 0.230 e. The molecule has 0 saturated carbocycles. The van der Waals surface area contributed by atoms with E-state index in [1.54, 1.807) is 0 Å². The Balaban J connectivity index is 1.79. The second-order valence-corrected chi connectivity index (χ2v) is 9.00. The van der Waals surface area contributed by atoms with Crippen molar-refractivity contribution in [3.8, 4) is 11.5 Å². The molecule has 0 aliphatic carbocycles. The number of benzene rings is 2. The normalized spacial score (nSPS) is 11.3. The maximum absolute atomic E-state index is 12.8. The topological polar surface area (TPSA) is 47.6 Å². The minimum absolute atomic E-state index is 0.0133. The Labute approximate surface area is 188 Å². The second-order valence-electron chi connectivity index (χ2n) is 9.00. The third-order valence-corrected chi connectivity index (χ3v) is 5.52. The fraction of sp³-hybridized carbons (Fsp3) is 0.519. The van der Waals surface area contributed by atoms with Crippen molar-refractivity contribution in [2.24, 2.45) is 5.41 Å². The maximum Gasteiger partial charge on any atom is 0.230 e. The van der Waals surface area contributed by atoms with Crippen molar-refractivity contribution in [3.05, 3.63) is 53.6 Å². The van der Waals surface area contributed by atoms with Gasteiger partial charge in [-0.15, -0.1) is 0 Å². The van der Waals surface area contributed by atoms with E-state index >= 15 is 0 Å². The minimum atomic E-state index is -0.484. The number of ether oxygens (including phenoxy) is 2. The minimum Gasteiger partial charge on any atom is -0.494 e. The monoisotopic (exact) mass is 425 g/mol. The van der Waals surface area contributed by atoms with Gasteiger partial charge in [-0.3, -0.25) is 4.79 Å². The van der Waals surface area contributed by atoms with Crippen LogP contribution in [0.4, 0.5) is 5.69 Å². The first kappa shape index (κ1) is 24.8. The largest absolute Gasteiger partial charge is 0.494 e. The molecule has 4 nitrogen and oxygen atoms in total. The number of nitrogens with one attached hydrogen (secondary N) is 1. The number of unbranched alkanes of at least 4 members (excludes halogenated alkanes) is 3. The highest BCUT2D eigenvalue weighted by atomic mass is 16.5. The molecular weight excluding hydrogens is 386 g/mol. The van der Waals surface area contributed by atoms with Crippen molar-refractivity contribution >= 4 is 11.6 Å². The van der Waals surface area contributed by atoms with Crippen LogP contribution in [0.3, 0.4) is 0 Å². The van der Waals surface area contributed by atoms with Gasteiger partial charge in [0, 0.05) is 17.2 Å². The highest BCUT2D eigenvalue weighted by molar-refractivity contribution is 5.94. The predicted octanol–water partition coefficient (Wildman–Crippen LogP) is 7.09. The lowest BCUT2D eigenvalue weighted by molar-refractivity contribution is -0.124. The van der Waals surface area contributed by atoms with Gasteiger partial charge in [0.05, 0.1) is 13.2 Å². The zero-order valence-electron chi connectivity index (χ0n) is 19.9. The summed E-state index contributed by atoms with van der Waals surface area (Å²) >= 11 is 0. The fourth-order valence-electron chi connectivity index (χ4n) is 3.36. The molecule has 0 spiro atoms. The van der Waals surface area contributed by atoms with E-state index in [9.17, 15) is 4.79 Å². The van der Waals surface area contributed by atoms with Crippen LogP contribution in [-0.2, 0) is 4.79 Å². The molecule has 0 aliphatic rings. The van der Waals surface area contributed by atoms with Crippen LogP contribution >= 0.6 is 0 Å². The summed E-state index contributed by atoms with van der Waals surface area (Å²) in [6.45, 7) is 11.6. The molecule has 2 aromatic carbocycles. The van der Waals surface area contributed by atoms with E-state index in [1.807, 2.05) is 38.1 Å². The number of hydrogen-bond donors (Lipinski definition) is 1. The van der Waals surface area contributed by atoms with Gasteiger partial charge in [0.15, 0.2) is 0 Å². The molecule has 2 rings (SSSR count). The summed E-state index contributed by atoms with van der Waals surface area (Å²) in [5.41, 5.74) is 2.61. The summed E-state index contributed by atoms with van der Waals surface area (Å²) in [5, 5.41) is 3.05. The van der Waals surface area contributed by atoms with E-state index in [1.165, 1.54) is 24.8 Å². The third kappa shape index (κ3) is 8.64. The van der Waals surface area contributed by atoms with Gasteiger partial charge in [-0.25, -0.2) is 0 Å². The maximum atomic E-state index is 12.8. The third-order valence-electron chi connectivity index (χ3n) is 5.52. The quantitative estimate of drug-likeness (QED) is 0.349. The highest BCUT2D eigenvalue weighted by Crippen LogP contribution is 2.27. The van der Waals surface area contributed by atoms with Gasteiger partial charge >= 0.3 is 0 Å². The Hall–Kier alpha value is -2.49. The Morgan fingerprint density at radius 2 is 1.71 bits per heavy atom. The number of anilines is 1. The van der Waals surface area contributed by atoms with Gasteiger partial charge in [-0.2, -0.15) is 0 Å². The zero-order valence-corrected chi connectivity index (χ0v) is 19.9. The van der Waals surface area contributed by atoms with Gasteiger partial charge in [-0.05, 0) is 62.4 Å². The number of carbonyl (C=O) groups is 1. The second kappa shape index (κ2) is 12.4. The molecule has 0 atom stereocenters. The van der Waals surface area contributed by atoms with Gasteiger partial charge in [-0.1, -0.05) is 58.2 Å². The molecule has 0 heterocycles. The number of carbonyl (C=O) groups excluding carboxylic acids is 1. The zero-order chi connectivity index (χ0) is 22.7. The molecular formula is C27H39NO3. The first-order chi connectivity index (χ1) is 14.8. The average molecular weight is 426 g/mol. The van der Waals surface area contributed by atoms with E-state index in [0.717, 1.165) is 42.0 Å². The van der Waals surface area contributed by atoms with Crippen molar-refractivity contribution in [1.29, 1.82) is 0 Å². The molecule has 0 unspecified atom stereocenters. The summed E-state index contributed by atoms with van der Waals surface area (Å²) in [6.07, 6.45) is 6.26. The summed E-state index contributed by atoms with van der Waals surface area (Å²) in [5.74, 6) is 1.74. The van der Waals surface area contributed by atoms with Gasteiger partial charge in [0.1, 0.15) is 11.5 Å². The van der Waals surface area contributed by atoms with Crippen molar-refractivity contribution in [1.82, 2.24) is 0 Å². The molecule has 0 aromatic heterocycles. The van der Waals surface area contributed by atoms with Crippen LogP contribution in [0, 0.1) is 19.3 Å². The summed E-state index contributed by atoms with van der Waals surface area (Å²) in [6, 6.07) is 13.9. The van der Waals surface area contributed by atoms with E-state index in [-0.39, 0.29) is 5.91 Å². The average Bonchev–Trinajstić information content (AvgIpc) is 2.73. The van der Waals surface area contributed by atoms with Gasteiger partial charge < -0.3 is 14.8 Å². The molecule has 0 fully saturated rings. The number of rotatable bonds is 13. The van der Waals surface area contributed by atoms with E-state index in [0.29, 0.717) is 13.2 Å². The van der Waals surface area contributed by atoms with Crippen LogP contribution in [0.5, 0.6) is 11.5 Å². The van der Waals surface area contributed by atoms with Gasteiger partial charge in [0.2, 0.25) is 5.91 Å². The Bertz CT molecular complexity index is 829. The molecule has 0 radical (unpaired) electrons. The van der Waals surface area contributed by atoms with Crippen molar-refractivity contribution in [3.63, 3.8) is 0 Å². The van der Waals surface area contributed by atoms with Crippen LogP contribution in [0.25, 0.3) is 0 Å². The SMILES string of the molecule is CCCCCCOc1cccc(NC(=O)C(C)(C)CCCOc2cc(C)ccc2C)c1. The van der Waals surface area contributed by atoms with E-state index in [2.05, 4.69) is 44.3 Å². The first-order valence-corrected chi connectivity index (χ1v) is 11.6. The molecule has 1 amide bonds. The van der Waals surface area contributed by atoms with Crippen LogP contribution in [-0.4, -0.2) is 19.1 Å². The fourth-order valence-corrected chi connectivity index (χ4v) is 3.36. The highest BCUT2D eigenvalue weighted by Gasteiger charge is 2.27. The molecule has 2 aromatic rings. The van der Waals surface area contributed by atoms with Gasteiger partial charge in [0.25, 0.3) is 0 Å². The summed E-state index contributed by atoms with van der Waals surface area (Å²) in [7, 11) is 0. The number of amides is 1. The molecule has 0 saturated heterocycles. The number of aryl methyl sites for hydroxylation is 2. The summed E-state index contributed by atoms with van der Waals surface area (Å²) in [4.78, 5) is 12.8. The van der Waals surface area contributed by atoms with Crippen LogP contribution in [0.15, 0.2) is 42.5 Å². The van der Waals surface area contributed by atoms with Crippen LogP contribution < -0.4 is 14.8 Å². The summed E-state index contributed by atoms with van der Waals surface area (Å²) < 4.78 is 11.8. The Morgan fingerprint density at radius 3 is 2.48 bits per heavy atom. The molecule has 4 heteroatoms. The lowest BCUT2D eigenvalue weighted by atomic mass is 9.87. The first-order valence-electron chi connectivity index (χ1n) is 11.6. The Morgan fingerprint density at radius 1 is 0.935 bits per heavy atom. The molecule has 170 valence electrons.